The summed E-state index contributed by atoms with van der Waals surface area (Å²) < 4.78 is 59.7. The Morgan fingerprint density at radius 1 is 1.24 bits per heavy atom. The van der Waals surface area contributed by atoms with Crippen molar-refractivity contribution < 1.29 is 26.7 Å². The van der Waals surface area contributed by atoms with E-state index in [2.05, 4.69) is 10.0 Å². The smallest absolute Gasteiger partial charge is 0.252 e. The van der Waals surface area contributed by atoms with Crippen LogP contribution in [0, 0.1) is 23.0 Å². The number of methoxy groups -OCH3 is 1. The van der Waals surface area contributed by atoms with Gasteiger partial charge >= 0.3 is 0 Å². The number of hydrogen-bond acceptors (Lipinski definition) is 5. The molecule has 1 aliphatic rings. The van der Waals surface area contributed by atoms with Crippen LogP contribution in [0.25, 0.3) is 0 Å². The number of ether oxygens (including phenoxy) is 1. The Balaban J connectivity index is 1.88. The van der Waals surface area contributed by atoms with E-state index in [-0.39, 0.29) is 27.8 Å². The first-order chi connectivity index (χ1) is 13.7. The van der Waals surface area contributed by atoms with E-state index in [1.54, 1.807) is 6.07 Å². The van der Waals surface area contributed by atoms with Crippen molar-refractivity contribution in [3.63, 3.8) is 0 Å². The van der Waals surface area contributed by atoms with Crippen molar-refractivity contribution in [3.05, 3.63) is 59.2 Å². The second kappa shape index (κ2) is 8.14. The molecule has 2 aromatic rings. The standard InChI is InChI=1S/C19H17F2N3O4S/c1-28-17-7-2-11(8-18(17)29(26,27)24-13-4-5-13)19(25)23-16(10-22)14-6-3-12(20)9-15(14)21/h2-3,6-9,13,16,24H,4-5H2,1H3,(H,23,25). The molecular weight excluding hydrogens is 404 g/mol. The van der Waals surface area contributed by atoms with E-state index < -0.39 is 33.6 Å². The van der Waals surface area contributed by atoms with E-state index in [4.69, 9.17) is 4.74 Å². The summed E-state index contributed by atoms with van der Waals surface area (Å²) in [5.41, 5.74) is -0.274. The molecule has 1 amide bonds. The van der Waals surface area contributed by atoms with Gasteiger partial charge in [-0.15, -0.1) is 0 Å². The lowest BCUT2D eigenvalue weighted by Crippen LogP contribution is -2.29. The average Bonchev–Trinajstić information content (AvgIpc) is 3.49. The van der Waals surface area contributed by atoms with Crippen LogP contribution in [0.15, 0.2) is 41.3 Å². The van der Waals surface area contributed by atoms with Crippen molar-refractivity contribution >= 4 is 15.9 Å². The fourth-order valence-corrected chi connectivity index (χ4v) is 4.14. The summed E-state index contributed by atoms with van der Waals surface area (Å²) in [7, 11) is -2.62. The first kappa shape index (κ1) is 20.7. The minimum atomic E-state index is -3.92. The molecule has 1 unspecified atom stereocenters. The number of benzene rings is 2. The highest BCUT2D eigenvalue weighted by atomic mass is 32.2. The zero-order valence-electron chi connectivity index (χ0n) is 15.3. The number of nitriles is 1. The van der Waals surface area contributed by atoms with Crippen molar-refractivity contribution in [2.45, 2.75) is 29.8 Å². The Morgan fingerprint density at radius 3 is 2.55 bits per heavy atom. The number of nitrogens with one attached hydrogen (secondary N) is 2. The van der Waals surface area contributed by atoms with Crippen LogP contribution in [0.1, 0.15) is 34.8 Å². The van der Waals surface area contributed by atoms with Gasteiger partial charge in [-0.2, -0.15) is 5.26 Å². The molecule has 3 rings (SSSR count). The quantitative estimate of drug-likeness (QED) is 0.714. The molecule has 2 aromatic carbocycles. The minimum absolute atomic E-state index is 0.0520. The van der Waals surface area contributed by atoms with Crippen LogP contribution < -0.4 is 14.8 Å². The molecule has 0 aliphatic heterocycles. The van der Waals surface area contributed by atoms with E-state index in [0.717, 1.165) is 31.0 Å². The average molecular weight is 421 g/mol. The fraction of sp³-hybridized carbons (Fsp3) is 0.263. The second-order valence-corrected chi connectivity index (χ2v) is 8.15. The molecular formula is C19H17F2N3O4S. The van der Waals surface area contributed by atoms with Crippen molar-refractivity contribution in [2.75, 3.05) is 7.11 Å². The topological polar surface area (TPSA) is 108 Å². The van der Waals surface area contributed by atoms with Crippen LogP contribution in [-0.4, -0.2) is 27.5 Å². The van der Waals surface area contributed by atoms with Crippen LogP contribution in [0.5, 0.6) is 5.75 Å². The molecule has 1 atom stereocenters. The largest absolute Gasteiger partial charge is 0.495 e. The zero-order valence-corrected chi connectivity index (χ0v) is 16.1. The third-order valence-corrected chi connectivity index (χ3v) is 5.83. The summed E-state index contributed by atoms with van der Waals surface area (Å²) in [5.74, 6) is -2.55. The molecule has 0 spiro atoms. The Kier molecular flexibility index (Phi) is 5.81. The number of rotatable bonds is 7. The summed E-state index contributed by atoms with van der Waals surface area (Å²) in [4.78, 5) is 12.3. The van der Waals surface area contributed by atoms with Crippen molar-refractivity contribution in [1.29, 1.82) is 5.26 Å². The minimum Gasteiger partial charge on any atom is -0.495 e. The van der Waals surface area contributed by atoms with Crippen LogP contribution >= 0.6 is 0 Å². The number of carbonyl (C=O) groups is 1. The molecule has 1 aliphatic carbocycles. The number of carbonyl (C=O) groups excluding carboxylic acids is 1. The highest BCUT2D eigenvalue weighted by Crippen LogP contribution is 2.28. The number of nitrogens with zero attached hydrogens (tertiary/aromatic N) is 1. The molecule has 0 heterocycles. The number of sulfonamides is 1. The molecule has 2 N–H and O–H groups in total. The van der Waals surface area contributed by atoms with Gasteiger partial charge in [0.2, 0.25) is 10.0 Å². The third-order valence-electron chi connectivity index (χ3n) is 4.29. The first-order valence-corrected chi connectivity index (χ1v) is 10.1. The van der Waals surface area contributed by atoms with Crippen LogP contribution in [0.2, 0.25) is 0 Å². The van der Waals surface area contributed by atoms with Crippen LogP contribution in [0.3, 0.4) is 0 Å². The summed E-state index contributed by atoms with van der Waals surface area (Å²) in [6, 6.07) is 6.58. The molecule has 152 valence electrons. The lowest BCUT2D eigenvalue weighted by Gasteiger charge is -2.15. The Hall–Kier alpha value is -3.03. The van der Waals surface area contributed by atoms with Gasteiger partial charge in [-0.3, -0.25) is 4.79 Å². The van der Waals surface area contributed by atoms with Gasteiger partial charge in [0.15, 0.2) is 0 Å². The molecule has 10 heteroatoms. The van der Waals surface area contributed by atoms with Gasteiger partial charge in [0, 0.05) is 23.2 Å². The van der Waals surface area contributed by atoms with Gasteiger partial charge in [-0.1, -0.05) is 6.07 Å². The van der Waals surface area contributed by atoms with Gasteiger partial charge < -0.3 is 10.1 Å². The molecule has 0 aromatic heterocycles. The van der Waals surface area contributed by atoms with Crippen LogP contribution in [-0.2, 0) is 10.0 Å². The van der Waals surface area contributed by atoms with Crippen molar-refractivity contribution in [2.24, 2.45) is 0 Å². The van der Waals surface area contributed by atoms with Gasteiger partial charge in [-0.05, 0) is 37.1 Å². The van der Waals surface area contributed by atoms with E-state index >= 15 is 0 Å². The number of amides is 1. The maximum atomic E-state index is 13.9. The lowest BCUT2D eigenvalue weighted by atomic mass is 10.1. The van der Waals surface area contributed by atoms with Gasteiger partial charge in [0.1, 0.15) is 28.3 Å². The zero-order chi connectivity index (χ0) is 21.2. The molecule has 1 saturated carbocycles. The van der Waals surface area contributed by atoms with E-state index in [1.807, 2.05) is 0 Å². The molecule has 7 nitrogen and oxygen atoms in total. The molecule has 1 fully saturated rings. The molecule has 29 heavy (non-hydrogen) atoms. The number of halogens is 2. The predicted octanol–water partition coefficient (Wildman–Crippen LogP) is 2.41. The first-order valence-electron chi connectivity index (χ1n) is 8.61. The Bertz CT molecular complexity index is 1100. The maximum absolute atomic E-state index is 13.9. The molecule has 0 saturated heterocycles. The maximum Gasteiger partial charge on any atom is 0.252 e. The SMILES string of the molecule is COc1ccc(C(=O)NC(C#N)c2ccc(F)cc2F)cc1S(=O)(=O)NC1CC1. The van der Waals surface area contributed by atoms with Crippen LogP contribution in [0.4, 0.5) is 8.78 Å². The number of hydrogen-bond donors (Lipinski definition) is 2. The summed E-state index contributed by atoms with van der Waals surface area (Å²) in [5, 5.41) is 11.6. The Labute approximate surface area is 166 Å². The highest BCUT2D eigenvalue weighted by Gasteiger charge is 2.30. The highest BCUT2D eigenvalue weighted by molar-refractivity contribution is 7.89. The molecule has 0 radical (unpaired) electrons. The van der Waals surface area contributed by atoms with E-state index in [9.17, 15) is 27.3 Å². The lowest BCUT2D eigenvalue weighted by molar-refractivity contribution is 0.0944. The summed E-state index contributed by atoms with van der Waals surface area (Å²) in [6.45, 7) is 0. The Morgan fingerprint density at radius 2 is 1.97 bits per heavy atom. The monoisotopic (exact) mass is 421 g/mol. The van der Waals surface area contributed by atoms with E-state index in [0.29, 0.717) is 6.07 Å². The summed E-state index contributed by atoms with van der Waals surface area (Å²) in [6.07, 6.45) is 1.46. The predicted molar refractivity (Wildman–Crippen MR) is 98.5 cm³/mol. The second-order valence-electron chi connectivity index (χ2n) is 6.46. The van der Waals surface area contributed by atoms with Gasteiger partial charge in [0.05, 0.1) is 13.2 Å². The third kappa shape index (κ3) is 4.70. The summed E-state index contributed by atoms with van der Waals surface area (Å²) >= 11 is 0. The normalized spacial score (nSPS) is 14.7. The van der Waals surface area contributed by atoms with E-state index in [1.165, 1.54) is 19.2 Å². The van der Waals surface area contributed by atoms with Crippen molar-refractivity contribution in [1.82, 2.24) is 10.0 Å². The molecule has 0 bridgehead atoms. The van der Waals surface area contributed by atoms with Gasteiger partial charge in [-0.25, -0.2) is 21.9 Å². The van der Waals surface area contributed by atoms with Gasteiger partial charge in [0.25, 0.3) is 5.91 Å². The van der Waals surface area contributed by atoms with Crippen molar-refractivity contribution in [3.8, 4) is 11.8 Å². The fourth-order valence-electron chi connectivity index (χ4n) is 2.64.